The summed E-state index contributed by atoms with van der Waals surface area (Å²) in [5, 5.41) is 13.6. The highest BCUT2D eigenvalue weighted by Gasteiger charge is 2.23. The average molecular weight is 410 g/mol. The Kier molecular flexibility index (Phi) is 5.26. The number of benzene rings is 1. The Morgan fingerprint density at radius 2 is 1.86 bits per heavy atom. The van der Waals surface area contributed by atoms with Crippen LogP contribution >= 0.6 is 9.24 Å². The molecule has 1 saturated heterocycles. The molecule has 4 rings (SSSR count). The lowest BCUT2D eigenvalue weighted by Crippen LogP contribution is -2.49. The molecule has 3 aromatic rings. The Morgan fingerprint density at radius 1 is 1.10 bits per heavy atom. The second-order valence-electron chi connectivity index (χ2n) is 8.54. The zero-order valence-electron chi connectivity index (χ0n) is 17.2. The van der Waals surface area contributed by atoms with Gasteiger partial charge in [0.2, 0.25) is 5.91 Å². The van der Waals surface area contributed by atoms with E-state index in [1.54, 1.807) is 10.8 Å². The molecule has 152 valence electrons. The van der Waals surface area contributed by atoms with E-state index in [9.17, 15) is 4.79 Å². The maximum absolute atomic E-state index is 12.9. The van der Waals surface area contributed by atoms with E-state index in [4.69, 9.17) is 0 Å². The average Bonchev–Trinajstić information content (AvgIpc) is 3.16. The highest BCUT2D eigenvalue weighted by Crippen LogP contribution is 2.23. The molecule has 1 aliphatic rings. The first-order valence-corrected chi connectivity index (χ1v) is 10.5. The predicted octanol–water partition coefficient (Wildman–Crippen LogP) is 1.81. The molecule has 0 aliphatic carbocycles. The van der Waals surface area contributed by atoms with Gasteiger partial charge in [-0.2, -0.15) is 4.52 Å². The predicted molar refractivity (Wildman–Crippen MR) is 118 cm³/mol. The topological polar surface area (TPSA) is 66.6 Å². The number of aromatic nitrogens is 4. The number of rotatable bonds is 3. The van der Waals surface area contributed by atoms with E-state index < -0.39 is 0 Å². The van der Waals surface area contributed by atoms with Gasteiger partial charge in [0.25, 0.3) is 0 Å². The molecule has 29 heavy (non-hydrogen) atoms. The van der Waals surface area contributed by atoms with Crippen LogP contribution in [0.1, 0.15) is 31.9 Å². The van der Waals surface area contributed by atoms with Gasteiger partial charge >= 0.3 is 0 Å². The number of fused-ring (bicyclic) bond motifs is 1. The Balaban J connectivity index is 1.39. The maximum Gasteiger partial charge on any atom is 0.227 e. The summed E-state index contributed by atoms with van der Waals surface area (Å²) in [6.07, 6.45) is 2.05. The first-order valence-electron chi connectivity index (χ1n) is 9.90. The standard InChI is InChI=1S/C21H27N6OP/c1-21(2,3)16-12-15(4-5-17(16)29)13-20(28)26-10-8-25(9-11-26)19-7-6-18-23-22-14-27(18)24-19/h4-7,12,14H,8-11,13,29H2,1-3H3. The van der Waals surface area contributed by atoms with E-state index in [0.29, 0.717) is 19.5 Å². The summed E-state index contributed by atoms with van der Waals surface area (Å²) in [6.45, 7) is 9.54. The van der Waals surface area contributed by atoms with Gasteiger partial charge in [-0.05, 0) is 34.0 Å². The van der Waals surface area contributed by atoms with Crippen LogP contribution in [0.15, 0.2) is 36.7 Å². The largest absolute Gasteiger partial charge is 0.352 e. The molecule has 7 nitrogen and oxygen atoms in total. The van der Waals surface area contributed by atoms with Crippen LogP contribution in [0.25, 0.3) is 5.65 Å². The van der Waals surface area contributed by atoms with E-state index in [2.05, 4.69) is 68.4 Å². The summed E-state index contributed by atoms with van der Waals surface area (Å²) in [7, 11) is 2.80. The molecule has 8 heteroatoms. The molecule has 3 heterocycles. The minimum atomic E-state index is 0.0562. The number of hydrogen-bond donors (Lipinski definition) is 0. The van der Waals surface area contributed by atoms with Crippen LogP contribution < -0.4 is 10.2 Å². The van der Waals surface area contributed by atoms with Crippen molar-refractivity contribution in [1.29, 1.82) is 0 Å². The summed E-state index contributed by atoms with van der Waals surface area (Å²) in [6, 6.07) is 10.2. The molecule has 1 aliphatic heterocycles. The number of hydrogen-bond acceptors (Lipinski definition) is 5. The van der Waals surface area contributed by atoms with E-state index in [0.717, 1.165) is 30.1 Å². The lowest BCUT2D eigenvalue weighted by Gasteiger charge is -2.35. The van der Waals surface area contributed by atoms with Gasteiger partial charge < -0.3 is 9.80 Å². The third kappa shape index (κ3) is 4.25. The molecule has 0 radical (unpaired) electrons. The van der Waals surface area contributed by atoms with Crippen LogP contribution in [0, 0.1) is 0 Å². The third-order valence-electron chi connectivity index (χ3n) is 5.39. The molecule has 1 aromatic carbocycles. The summed E-state index contributed by atoms with van der Waals surface area (Å²) in [4.78, 5) is 17.0. The fourth-order valence-corrected chi connectivity index (χ4v) is 4.33. The zero-order valence-corrected chi connectivity index (χ0v) is 18.3. The summed E-state index contributed by atoms with van der Waals surface area (Å²) < 4.78 is 1.68. The van der Waals surface area contributed by atoms with Crippen molar-refractivity contribution in [3.63, 3.8) is 0 Å². The molecular formula is C21H27N6OP. The van der Waals surface area contributed by atoms with Crippen molar-refractivity contribution in [2.75, 3.05) is 31.1 Å². The molecular weight excluding hydrogens is 383 g/mol. The minimum absolute atomic E-state index is 0.0562. The van der Waals surface area contributed by atoms with Gasteiger partial charge in [-0.1, -0.05) is 39.0 Å². The second kappa shape index (κ2) is 7.71. The summed E-state index contributed by atoms with van der Waals surface area (Å²) >= 11 is 0. The fraction of sp³-hybridized carbons (Fsp3) is 0.429. The highest BCUT2D eigenvalue weighted by molar-refractivity contribution is 7.27. The zero-order chi connectivity index (χ0) is 20.6. The van der Waals surface area contributed by atoms with Crippen LogP contribution in [-0.2, 0) is 16.6 Å². The van der Waals surface area contributed by atoms with E-state index >= 15 is 0 Å². The minimum Gasteiger partial charge on any atom is -0.352 e. The second-order valence-corrected chi connectivity index (χ2v) is 9.16. The quantitative estimate of drug-likeness (QED) is 0.616. The van der Waals surface area contributed by atoms with E-state index in [-0.39, 0.29) is 11.3 Å². The Labute approximate surface area is 173 Å². The van der Waals surface area contributed by atoms with Crippen LogP contribution in [0.3, 0.4) is 0 Å². The maximum atomic E-state index is 12.9. The van der Waals surface area contributed by atoms with Gasteiger partial charge in [0.15, 0.2) is 5.65 Å². The normalized spacial score (nSPS) is 15.2. The van der Waals surface area contributed by atoms with Gasteiger partial charge in [0.05, 0.1) is 6.42 Å². The van der Waals surface area contributed by atoms with Crippen molar-refractivity contribution in [2.45, 2.75) is 32.6 Å². The number of nitrogens with zero attached hydrogens (tertiary/aromatic N) is 6. The van der Waals surface area contributed by atoms with Crippen LogP contribution in [-0.4, -0.2) is 56.8 Å². The Bertz CT molecular complexity index is 1030. The van der Waals surface area contributed by atoms with Gasteiger partial charge in [0.1, 0.15) is 12.1 Å². The highest BCUT2D eigenvalue weighted by atomic mass is 31.0. The molecule has 1 unspecified atom stereocenters. The van der Waals surface area contributed by atoms with Crippen molar-refractivity contribution >= 4 is 31.9 Å². The third-order valence-corrected chi connectivity index (χ3v) is 5.89. The van der Waals surface area contributed by atoms with Gasteiger partial charge in [0, 0.05) is 26.2 Å². The van der Waals surface area contributed by atoms with Crippen molar-refractivity contribution < 1.29 is 4.79 Å². The molecule has 2 aromatic heterocycles. The number of carbonyl (C=O) groups excluding carboxylic acids is 1. The Hall–Kier alpha value is -2.53. The van der Waals surface area contributed by atoms with Gasteiger partial charge in [-0.3, -0.25) is 4.79 Å². The van der Waals surface area contributed by atoms with Crippen LogP contribution in [0.2, 0.25) is 0 Å². The SMILES string of the molecule is CC(C)(C)c1cc(CC(=O)N2CCN(c3ccc4nncn4n3)CC2)ccc1P. The molecule has 0 N–H and O–H groups in total. The van der Waals surface area contributed by atoms with E-state index in [1.165, 1.54) is 10.9 Å². The smallest absolute Gasteiger partial charge is 0.227 e. The van der Waals surface area contributed by atoms with Crippen molar-refractivity contribution in [1.82, 2.24) is 24.7 Å². The van der Waals surface area contributed by atoms with E-state index in [1.807, 2.05) is 17.0 Å². The first kappa shape index (κ1) is 19.8. The lowest BCUT2D eigenvalue weighted by atomic mass is 9.85. The lowest BCUT2D eigenvalue weighted by molar-refractivity contribution is -0.130. The van der Waals surface area contributed by atoms with Gasteiger partial charge in [-0.15, -0.1) is 24.5 Å². The monoisotopic (exact) mass is 410 g/mol. The fourth-order valence-electron chi connectivity index (χ4n) is 3.72. The number of piperazine rings is 1. The Morgan fingerprint density at radius 3 is 2.59 bits per heavy atom. The summed E-state index contributed by atoms with van der Waals surface area (Å²) in [5.74, 6) is 1.07. The molecule has 1 atom stereocenters. The van der Waals surface area contributed by atoms with Crippen LogP contribution in [0.5, 0.6) is 0 Å². The number of carbonyl (C=O) groups is 1. The van der Waals surface area contributed by atoms with Gasteiger partial charge in [-0.25, -0.2) is 0 Å². The van der Waals surface area contributed by atoms with Crippen molar-refractivity contribution in [3.05, 3.63) is 47.8 Å². The number of anilines is 1. The molecule has 1 fully saturated rings. The molecule has 1 amide bonds. The van der Waals surface area contributed by atoms with Crippen LogP contribution in [0.4, 0.5) is 5.82 Å². The van der Waals surface area contributed by atoms with Crippen molar-refractivity contribution in [2.24, 2.45) is 0 Å². The molecule has 0 spiro atoms. The molecule has 0 saturated carbocycles. The number of amides is 1. The van der Waals surface area contributed by atoms with Crippen molar-refractivity contribution in [3.8, 4) is 0 Å². The first-order chi connectivity index (χ1) is 13.8. The molecule has 0 bridgehead atoms. The summed E-state index contributed by atoms with van der Waals surface area (Å²) in [5.41, 5.74) is 3.13.